The number of aromatic nitrogens is 1. The van der Waals surface area contributed by atoms with Crippen LogP contribution in [0, 0.1) is 24.2 Å². The first-order chi connectivity index (χ1) is 17.8. The van der Waals surface area contributed by atoms with Crippen LogP contribution in [0.1, 0.15) is 74.8 Å². The van der Waals surface area contributed by atoms with Crippen molar-refractivity contribution in [2.45, 2.75) is 66.0 Å². The lowest BCUT2D eigenvalue weighted by molar-refractivity contribution is -0.123. The molecule has 37 heavy (non-hydrogen) atoms. The minimum absolute atomic E-state index is 0.143. The van der Waals surface area contributed by atoms with Crippen molar-refractivity contribution < 1.29 is 4.79 Å². The van der Waals surface area contributed by atoms with E-state index in [1.54, 1.807) is 9.47 Å². The molecule has 0 N–H and O–H groups in total. The van der Waals surface area contributed by atoms with Crippen molar-refractivity contribution in [3.63, 3.8) is 0 Å². The first kappa shape index (κ1) is 27.2. The number of hydrogen-bond donors (Lipinski definition) is 0. The van der Waals surface area contributed by atoms with Gasteiger partial charge in [0.15, 0.2) is 0 Å². The van der Waals surface area contributed by atoms with Crippen LogP contribution in [0.3, 0.4) is 0 Å². The second-order valence-corrected chi connectivity index (χ2v) is 11.7. The van der Waals surface area contributed by atoms with Crippen LogP contribution in [0.4, 0.5) is 5.82 Å². The van der Waals surface area contributed by atoms with E-state index in [0.29, 0.717) is 27.3 Å². The minimum atomic E-state index is -0.246. The van der Waals surface area contributed by atoms with Crippen molar-refractivity contribution in [3.05, 3.63) is 67.8 Å². The summed E-state index contributed by atoms with van der Waals surface area (Å²) in [6.07, 6.45) is 5.82. The normalized spacial score (nSPS) is 20.0. The molecule has 2 unspecified atom stereocenters. The topological polar surface area (TPSA) is 69.3 Å². The van der Waals surface area contributed by atoms with E-state index in [-0.39, 0.29) is 23.1 Å². The number of amides is 1. The fourth-order valence-corrected chi connectivity index (χ4v) is 6.62. The minimum Gasteiger partial charge on any atom is -0.357 e. The number of carbonyl (C=O) groups excluding carboxylic acids is 1. The van der Waals surface area contributed by atoms with Crippen LogP contribution in [0.25, 0.3) is 6.08 Å². The van der Waals surface area contributed by atoms with Crippen LogP contribution in [-0.2, 0) is 11.3 Å². The molecule has 1 amide bonds. The third kappa shape index (κ3) is 5.39. The number of thioether (sulfide) groups is 1. The van der Waals surface area contributed by atoms with Gasteiger partial charge in [-0.1, -0.05) is 74.6 Å². The molecular weight excluding hydrogens is 500 g/mol. The molecule has 3 heterocycles. The number of carbonyl (C=O) groups is 1. The molecule has 2 saturated heterocycles. The van der Waals surface area contributed by atoms with Crippen LogP contribution >= 0.6 is 24.0 Å². The van der Waals surface area contributed by atoms with Gasteiger partial charge < -0.3 is 4.90 Å². The fraction of sp³-hybridized carbons (Fsp3) is 0.448. The highest BCUT2D eigenvalue weighted by Gasteiger charge is 2.37. The lowest BCUT2D eigenvalue weighted by Crippen LogP contribution is -2.40. The van der Waals surface area contributed by atoms with Crippen LogP contribution in [0.15, 0.2) is 40.0 Å². The standard InChI is InChI=1S/C29H34N4O2S2/c1-5-6-15-32-26(31-14-10-11-19(2)18-31)23(20(3)24(17-30)27(32)34)16-25-28(35)33(29(36)37-25)21(4)22-12-8-7-9-13-22/h7-9,12-13,16,19,21H,5-6,10-11,14-15,18H2,1-4H3/b25-16+. The van der Waals surface area contributed by atoms with Crippen LogP contribution in [0.2, 0.25) is 0 Å². The van der Waals surface area contributed by atoms with Gasteiger partial charge in [-0.05, 0) is 56.2 Å². The Morgan fingerprint density at radius 2 is 2.00 bits per heavy atom. The van der Waals surface area contributed by atoms with Crippen molar-refractivity contribution >= 4 is 46.1 Å². The molecule has 4 rings (SSSR count). The summed E-state index contributed by atoms with van der Waals surface area (Å²) in [7, 11) is 0. The smallest absolute Gasteiger partial charge is 0.270 e. The Labute approximate surface area is 229 Å². The molecule has 0 aliphatic carbocycles. The molecule has 6 nitrogen and oxygen atoms in total. The Kier molecular flexibility index (Phi) is 8.56. The summed E-state index contributed by atoms with van der Waals surface area (Å²) in [6, 6.07) is 11.8. The van der Waals surface area contributed by atoms with Crippen LogP contribution < -0.4 is 10.5 Å². The predicted molar refractivity (Wildman–Crippen MR) is 156 cm³/mol. The fourth-order valence-electron chi connectivity index (χ4n) is 5.22. The summed E-state index contributed by atoms with van der Waals surface area (Å²) in [5.74, 6) is 1.17. The van der Waals surface area contributed by atoms with Gasteiger partial charge in [0.05, 0.1) is 10.9 Å². The maximum Gasteiger partial charge on any atom is 0.270 e. The zero-order valence-corrected chi connectivity index (χ0v) is 23.6. The summed E-state index contributed by atoms with van der Waals surface area (Å²) in [6.45, 7) is 10.3. The van der Waals surface area contributed by atoms with Gasteiger partial charge in [-0.3, -0.25) is 19.1 Å². The third-order valence-electron chi connectivity index (χ3n) is 7.31. The molecule has 2 aromatic rings. The van der Waals surface area contributed by atoms with E-state index < -0.39 is 0 Å². The molecular formula is C29H34N4O2S2. The van der Waals surface area contributed by atoms with Gasteiger partial charge >= 0.3 is 0 Å². The summed E-state index contributed by atoms with van der Waals surface area (Å²) in [4.78, 5) is 31.6. The molecule has 0 bridgehead atoms. The van der Waals surface area contributed by atoms with Gasteiger partial charge in [0.2, 0.25) is 0 Å². The van der Waals surface area contributed by atoms with E-state index in [1.165, 1.54) is 11.8 Å². The Morgan fingerprint density at radius 1 is 1.27 bits per heavy atom. The number of hydrogen-bond acceptors (Lipinski definition) is 6. The predicted octanol–water partition coefficient (Wildman–Crippen LogP) is 6.03. The van der Waals surface area contributed by atoms with Crippen molar-refractivity contribution in [1.29, 1.82) is 5.26 Å². The Balaban J connectivity index is 1.85. The molecule has 8 heteroatoms. The lowest BCUT2D eigenvalue weighted by atomic mass is 9.97. The molecule has 0 saturated carbocycles. The van der Waals surface area contributed by atoms with Gasteiger partial charge in [-0.2, -0.15) is 5.26 Å². The van der Waals surface area contributed by atoms with Gasteiger partial charge in [0.25, 0.3) is 11.5 Å². The van der Waals surface area contributed by atoms with Crippen LogP contribution in [0.5, 0.6) is 0 Å². The second kappa shape index (κ2) is 11.7. The number of benzene rings is 1. The lowest BCUT2D eigenvalue weighted by Gasteiger charge is -2.36. The highest BCUT2D eigenvalue weighted by Crippen LogP contribution is 2.40. The van der Waals surface area contributed by atoms with Gasteiger partial charge in [-0.15, -0.1) is 0 Å². The van der Waals surface area contributed by atoms with E-state index in [2.05, 4.69) is 24.8 Å². The number of nitriles is 1. The number of unbranched alkanes of at least 4 members (excludes halogenated alkanes) is 1. The summed E-state index contributed by atoms with van der Waals surface area (Å²) >= 11 is 6.94. The molecule has 2 aliphatic heterocycles. The van der Waals surface area contributed by atoms with E-state index >= 15 is 0 Å². The summed E-state index contributed by atoms with van der Waals surface area (Å²) in [5.41, 5.74) is 2.30. The largest absolute Gasteiger partial charge is 0.357 e. The Morgan fingerprint density at radius 3 is 2.65 bits per heavy atom. The maximum absolute atomic E-state index is 13.7. The molecule has 2 aliphatic rings. The SMILES string of the molecule is CCCCn1c(N2CCCC(C)C2)c(/C=C2/SC(=S)N(C(C)c3ccccc3)C2=O)c(C)c(C#N)c1=O. The molecule has 0 radical (unpaired) electrons. The van der Waals surface area contributed by atoms with Gasteiger partial charge in [0.1, 0.15) is 21.8 Å². The van der Waals surface area contributed by atoms with E-state index in [1.807, 2.05) is 50.3 Å². The van der Waals surface area contributed by atoms with E-state index in [0.717, 1.165) is 55.7 Å². The Hall–Kier alpha value is -2.89. The average Bonchev–Trinajstić information content (AvgIpc) is 3.17. The zero-order valence-electron chi connectivity index (χ0n) is 22.0. The molecule has 2 fully saturated rings. The van der Waals surface area contributed by atoms with E-state index in [4.69, 9.17) is 12.2 Å². The quantitative estimate of drug-likeness (QED) is 0.319. The summed E-state index contributed by atoms with van der Waals surface area (Å²) in [5, 5.41) is 9.91. The monoisotopic (exact) mass is 534 g/mol. The highest BCUT2D eigenvalue weighted by molar-refractivity contribution is 8.26. The zero-order chi connectivity index (χ0) is 26.7. The average molecular weight is 535 g/mol. The molecule has 1 aromatic heterocycles. The molecule has 2 atom stereocenters. The molecule has 0 spiro atoms. The van der Waals surface area contributed by atoms with Crippen molar-refractivity contribution in [3.8, 4) is 6.07 Å². The third-order valence-corrected chi connectivity index (χ3v) is 8.64. The second-order valence-electron chi connectivity index (χ2n) is 9.99. The van der Waals surface area contributed by atoms with Crippen molar-refractivity contribution in [2.24, 2.45) is 5.92 Å². The van der Waals surface area contributed by atoms with Crippen LogP contribution in [-0.4, -0.2) is 32.8 Å². The highest BCUT2D eigenvalue weighted by atomic mass is 32.2. The first-order valence-electron chi connectivity index (χ1n) is 13.0. The molecule has 1 aromatic carbocycles. The molecule has 194 valence electrons. The van der Waals surface area contributed by atoms with E-state index in [9.17, 15) is 14.9 Å². The van der Waals surface area contributed by atoms with Gasteiger partial charge in [-0.25, -0.2) is 0 Å². The van der Waals surface area contributed by atoms with Crippen molar-refractivity contribution in [1.82, 2.24) is 9.47 Å². The number of piperidine rings is 1. The number of anilines is 1. The number of rotatable bonds is 7. The van der Waals surface area contributed by atoms with Crippen molar-refractivity contribution in [2.75, 3.05) is 18.0 Å². The Bertz CT molecular complexity index is 1330. The first-order valence-corrected chi connectivity index (χ1v) is 14.2. The maximum atomic E-state index is 13.7. The number of nitrogens with zero attached hydrogens (tertiary/aromatic N) is 4. The number of pyridine rings is 1. The van der Waals surface area contributed by atoms with Gasteiger partial charge in [0, 0.05) is 25.2 Å². The summed E-state index contributed by atoms with van der Waals surface area (Å²) < 4.78 is 2.28. The number of thiocarbonyl (C=S) groups is 1.